The fourth-order valence-electron chi connectivity index (χ4n) is 1.77. The third kappa shape index (κ3) is 5.30. The van der Waals surface area contributed by atoms with Crippen LogP contribution in [-0.2, 0) is 9.59 Å². The first-order valence-electron chi connectivity index (χ1n) is 6.73. The van der Waals surface area contributed by atoms with Crippen LogP contribution in [0.4, 0.5) is 0 Å². The Morgan fingerprint density at radius 2 is 1.95 bits per heavy atom. The molecule has 110 valence electrons. The van der Waals surface area contributed by atoms with Gasteiger partial charge < -0.3 is 14.7 Å². The van der Waals surface area contributed by atoms with Crippen LogP contribution in [0.1, 0.15) is 26.7 Å². The average Bonchev–Trinajstić information content (AvgIpc) is 2.44. The number of aliphatic carboxylic acids is 1. The summed E-state index contributed by atoms with van der Waals surface area (Å²) in [5.41, 5.74) is 0. The van der Waals surface area contributed by atoms with E-state index in [9.17, 15) is 9.59 Å². The van der Waals surface area contributed by atoms with Gasteiger partial charge in [-0.25, -0.2) is 0 Å². The van der Waals surface area contributed by atoms with Crippen molar-refractivity contribution in [2.45, 2.75) is 32.7 Å². The summed E-state index contributed by atoms with van der Waals surface area (Å²) in [6.45, 7) is 3.75. The van der Waals surface area contributed by atoms with Crippen molar-refractivity contribution < 1.29 is 19.4 Å². The van der Waals surface area contributed by atoms with Gasteiger partial charge in [0.1, 0.15) is 12.3 Å². The Morgan fingerprint density at radius 1 is 1.30 bits per heavy atom. The molecule has 20 heavy (non-hydrogen) atoms. The highest BCUT2D eigenvalue weighted by Gasteiger charge is 2.21. The molecule has 5 nitrogen and oxygen atoms in total. The van der Waals surface area contributed by atoms with Crippen LogP contribution in [0, 0.1) is 0 Å². The number of hydrogen-bond acceptors (Lipinski definition) is 3. The molecular formula is C15H21NO4. The summed E-state index contributed by atoms with van der Waals surface area (Å²) in [4.78, 5) is 24.2. The van der Waals surface area contributed by atoms with Gasteiger partial charge in [0, 0.05) is 6.04 Å². The van der Waals surface area contributed by atoms with E-state index in [0.29, 0.717) is 5.75 Å². The lowest BCUT2D eigenvalue weighted by Crippen LogP contribution is -2.42. The number of rotatable bonds is 8. The van der Waals surface area contributed by atoms with Crippen molar-refractivity contribution in [1.82, 2.24) is 4.90 Å². The Bertz CT molecular complexity index is 433. The number of hydrogen-bond donors (Lipinski definition) is 1. The van der Waals surface area contributed by atoms with E-state index < -0.39 is 5.97 Å². The van der Waals surface area contributed by atoms with Crippen LogP contribution >= 0.6 is 0 Å². The van der Waals surface area contributed by atoms with Gasteiger partial charge >= 0.3 is 5.97 Å². The smallest absolute Gasteiger partial charge is 0.323 e. The maximum atomic E-state index is 12.1. The highest BCUT2D eigenvalue weighted by Crippen LogP contribution is 2.10. The normalized spacial score (nSPS) is 11.7. The predicted octanol–water partition coefficient (Wildman–Crippen LogP) is 2.17. The van der Waals surface area contributed by atoms with Crippen molar-refractivity contribution in [3.63, 3.8) is 0 Å². The van der Waals surface area contributed by atoms with Gasteiger partial charge in [0.25, 0.3) is 0 Å². The van der Waals surface area contributed by atoms with E-state index in [-0.39, 0.29) is 31.5 Å². The zero-order valence-electron chi connectivity index (χ0n) is 11.9. The van der Waals surface area contributed by atoms with Gasteiger partial charge in [-0.2, -0.15) is 0 Å². The van der Waals surface area contributed by atoms with Crippen molar-refractivity contribution in [3.05, 3.63) is 30.3 Å². The van der Waals surface area contributed by atoms with E-state index in [4.69, 9.17) is 9.84 Å². The number of carbonyl (C=O) groups is 2. The van der Waals surface area contributed by atoms with E-state index in [2.05, 4.69) is 0 Å². The SMILES string of the molecule is CCC(C)N(CC(=O)O)C(=O)CCOc1ccccc1. The van der Waals surface area contributed by atoms with Crippen molar-refractivity contribution in [2.75, 3.05) is 13.2 Å². The summed E-state index contributed by atoms with van der Waals surface area (Å²) in [6, 6.07) is 9.13. The molecular weight excluding hydrogens is 258 g/mol. The van der Waals surface area contributed by atoms with Crippen LogP contribution in [0.3, 0.4) is 0 Å². The molecule has 1 aromatic rings. The van der Waals surface area contributed by atoms with Gasteiger partial charge in [-0.05, 0) is 25.5 Å². The van der Waals surface area contributed by atoms with E-state index in [1.165, 1.54) is 4.90 Å². The predicted molar refractivity (Wildman–Crippen MR) is 75.7 cm³/mol. The lowest BCUT2D eigenvalue weighted by Gasteiger charge is -2.27. The van der Waals surface area contributed by atoms with E-state index in [0.717, 1.165) is 6.42 Å². The molecule has 1 unspecified atom stereocenters. The van der Waals surface area contributed by atoms with Crippen molar-refractivity contribution in [1.29, 1.82) is 0 Å². The highest BCUT2D eigenvalue weighted by atomic mass is 16.5. The maximum absolute atomic E-state index is 12.1. The minimum atomic E-state index is -0.998. The lowest BCUT2D eigenvalue weighted by molar-refractivity contribution is -0.146. The second-order valence-corrected chi connectivity index (χ2v) is 4.58. The van der Waals surface area contributed by atoms with Crippen LogP contribution < -0.4 is 4.74 Å². The molecule has 0 spiro atoms. The fourth-order valence-corrected chi connectivity index (χ4v) is 1.77. The Labute approximate surface area is 119 Å². The molecule has 0 aliphatic carbocycles. The van der Waals surface area contributed by atoms with Crippen LogP contribution in [0.15, 0.2) is 30.3 Å². The maximum Gasteiger partial charge on any atom is 0.323 e. The Kier molecular flexibility index (Phi) is 6.56. The van der Waals surface area contributed by atoms with Crippen LogP contribution in [0.2, 0.25) is 0 Å². The summed E-state index contributed by atoms with van der Waals surface area (Å²) in [5, 5.41) is 8.86. The number of carbonyl (C=O) groups excluding carboxylic acids is 1. The minimum absolute atomic E-state index is 0.0877. The summed E-state index contributed by atoms with van der Waals surface area (Å²) in [6.07, 6.45) is 0.894. The van der Waals surface area contributed by atoms with Crippen molar-refractivity contribution >= 4 is 11.9 Å². The van der Waals surface area contributed by atoms with Crippen LogP contribution in [0.25, 0.3) is 0 Å². The van der Waals surface area contributed by atoms with Gasteiger partial charge in [-0.15, -0.1) is 0 Å². The van der Waals surface area contributed by atoms with E-state index in [1.807, 2.05) is 44.2 Å². The molecule has 0 heterocycles. The molecule has 0 saturated carbocycles. The quantitative estimate of drug-likeness (QED) is 0.792. The summed E-state index contributed by atoms with van der Waals surface area (Å²) in [7, 11) is 0. The Morgan fingerprint density at radius 3 is 2.50 bits per heavy atom. The second kappa shape index (κ2) is 8.19. The molecule has 0 aromatic heterocycles. The zero-order valence-corrected chi connectivity index (χ0v) is 11.9. The van der Waals surface area contributed by atoms with Gasteiger partial charge in [0.15, 0.2) is 0 Å². The molecule has 0 aliphatic heterocycles. The molecule has 1 N–H and O–H groups in total. The first kappa shape index (κ1) is 16.0. The van der Waals surface area contributed by atoms with Crippen LogP contribution in [-0.4, -0.2) is 41.1 Å². The largest absolute Gasteiger partial charge is 0.493 e. The van der Waals surface area contributed by atoms with Crippen molar-refractivity contribution in [2.24, 2.45) is 0 Å². The Hall–Kier alpha value is -2.04. The third-order valence-corrected chi connectivity index (χ3v) is 3.08. The van der Waals surface area contributed by atoms with Gasteiger partial charge in [0.05, 0.1) is 13.0 Å². The molecule has 1 amide bonds. The van der Waals surface area contributed by atoms with E-state index >= 15 is 0 Å². The minimum Gasteiger partial charge on any atom is -0.493 e. The molecule has 1 rings (SSSR count). The number of amides is 1. The zero-order chi connectivity index (χ0) is 15.0. The van der Waals surface area contributed by atoms with Gasteiger partial charge in [-0.1, -0.05) is 25.1 Å². The molecule has 0 fully saturated rings. The summed E-state index contributed by atoms with van der Waals surface area (Å²) < 4.78 is 5.45. The molecule has 1 atom stereocenters. The lowest BCUT2D eigenvalue weighted by atomic mass is 10.2. The third-order valence-electron chi connectivity index (χ3n) is 3.08. The number of nitrogens with zero attached hydrogens (tertiary/aromatic N) is 1. The van der Waals surface area contributed by atoms with Gasteiger partial charge in [-0.3, -0.25) is 9.59 Å². The molecule has 1 aromatic carbocycles. The standard InChI is InChI=1S/C15H21NO4/c1-3-12(2)16(11-15(18)19)14(17)9-10-20-13-7-5-4-6-8-13/h4-8,12H,3,9-11H2,1-2H3,(H,18,19). The number of ether oxygens (including phenoxy) is 1. The van der Waals surface area contributed by atoms with Crippen LogP contribution in [0.5, 0.6) is 5.75 Å². The van der Waals surface area contributed by atoms with E-state index in [1.54, 1.807) is 0 Å². The first-order valence-corrected chi connectivity index (χ1v) is 6.73. The monoisotopic (exact) mass is 279 g/mol. The second-order valence-electron chi connectivity index (χ2n) is 4.58. The highest BCUT2D eigenvalue weighted by molar-refractivity contribution is 5.81. The topological polar surface area (TPSA) is 66.8 Å². The molecule has 0 radical (unpaired) electrons. The first-order chi connectivity index (χ1) is 9.54. The molecule has 0 saturated heterocycles. The molecule has 0 aliphatic rings. The van der Waals surface area contributed by atoms with Crippen molar-refractivity contribution in [3.8, 4) is 5.75 Å². The fraction of sp³-hybridized carbons (Fsp3) is 0.467. The number of para-hydroxylation sites is 1. The summed E-state index contributed by atoms with van der Waals surface area (Å²) >= 11 is 0. The number of benzene rings is 1. The number of carboxylic acids is 1. The Balaban J connectivity index is 2.47. The molecule has 0 bridgehead atoms. The van der Waals surface area contributed by atoms with Gasteiger partial charge in [0.2, 0.25) is 5.91 Å². The average molecular weight is 279 g/mol. The number of carboxylic acid groups (broad SMARTS) is 1. The summed E-state index contributed by atoms with van der Waals surface area (Å²) in [5.74, 6) is -0.492. The molecule has 5 heteroatoms.